The van der Waals surface area contributed by atoms with Crippen LogP contribution >= 0.6 is 0 Å². The van der Waals surface area contributed by atoms with Gasteiger partial charge in [0.2, 0.25) is 0 Å². The van der Waals surface area contributed by atoms with E-state index in [4.69, 9.17) is 0 Å². The van der Waals surface area contributed by atoms with Crippen LogP contribution in [0.3, 0.4) is 0 Å². The van der Waals surface area contributed by atoms with Crippen molar-refractivity contribution in [1.29, 1.82) is 0 Å². The second-order valence-corrected chi connectivity index (χ2v) is 4.65. The molecule has 0 amide bonds. The quantitative estimate of drug-likeness (QED) is 0.648. The van der Waals surface area contributed by atoms with Crippen LogP contribution in [-0.4, -0.2) is 14.5 Å². The summed E-state index contributed by atoms with van der Waals surface area (Å²) in [5.41, 5.74) is 1.52. The summed E-state index contributed by atoms with van der Waals surface area (Å²) in [6, 6.07) is 5.15. The summed E-state index contributed by atoms with van der Waals surface area (Å²) in [6.45, 7) is 5.31. The summed E-state index contributed by atoms with van der Waals surface area (Å²) >= 11 is 0. The maximum atomic E-state index is 10.9. The van der Waals surface area contributed by atoms with Crippen LogP contribution in [0.15, 0.2) is 30.6 Å². The van der Waals surface area contributed by atoms with Gasteiger partial charge >= 0.3 is 0 Å². The Labute approximate surface area is 117 Å². The van der Waals surface area contributed by atoms with Gasteiger partial charge in [0.05, 0.1) is 11.5 Å². The number of nitro groups is 1. The third-order valence-electron chi connectivity index (χ3n) is 3.12. The zero-order chi connectivity index (χ0) is 14.5. The van der Waals surface area contributed by atoms with Crippen molar-refractivity contribution in [2.75, 3.05) is 5.32 Å². The molecule has 0 unspecified atom stereocenters. The van der Waals surface area contributed by atoms with E-state index in [1.165, 1.54) is 0 Å². The second kappa shape index (κ2) is 6.18. The van der Waals surface area contributed by atoms with Gasteiger partial charge in [0, 0.05) is 36.3 Å². The van der Waals surface area contributed by atoms with Gasteiger partial charge in [0.25, 0.3) is 5.69 Å². The molecule has 2 rings (SSSR count). The van der Waals surface area contributed by atoms with E-state index in [-0.39, 0.29) is 10.6 Å². The minimum absolute atomic E-state index is 0.131. The predicted molar refractivity (Wildman–Crippen MR) is 77.7 cm³/mol. The molecule has 6 nitrogen and oxygen atoms in total. The molecule has 20 heavy (non-hydrogen) atoms. The molecule has 106 valence electrons. The third-order valence-corrected chi connectivity index (χ3v) is 3.12. The van der Waals surface area contributed by atoms with Gasteiger partial charge in [-0.1, -0.05) is 13.0 Å². The Kier molecular flexibility index (Phi) is 4.34. The summed E-state index contributed by atoms with van der Waals surface area (Å²) in [4.78, 5) is 14.8. The Morgan fingerprint density at radius 3 is 2.95 bits per heavy atom. The molecule has 0 spiro atoms. The molecule has 0 saturated carbocycles. The fourth-order valence-electron chi connectivity index (χ4n) is 2.05. The number of nitrogens with one attached hydrogen (secondary N) is 1. The van der Waals surface area contributed by atoms with Crippen LogP contribution in [0, 0.1) is 17.0 Å². The van der Waals surface area contributed by atoms with E-state index >= 15 is 0 Å². The Bertz CT molecular complexity index is 607. The van der Waals surface area contributed by atoms with Crippen LogP contribution in [0.4, 0.5) is 11.4 Å². The van der Waals surface area contributed by atoms with Crippen molar-refractivity contribution in [3.63, 3.8) is 0 Å². The first-order valence-corrected chi connectivity index (χ1v) is 6.60. The van der Waals surface area contributed by atoms with Gasteiger partial charge in [-0.05, 0) is 19.4 Å². The monoisotopic (exact) mass is 274 g/mol. The maximum absolute atomic E-state index is 10.9. The lowest BCUT2D eigenvalue weighted by Gasteiger charge is -2.09. The van der Waals surface area contributed by atoms with Gasteiger partial charge in [0.1, 0.15) is 5.82 Å². The smallest absolute Gasteiger partial charge is 0.274 e. The molecule has 0 saturated heterocycles. The zero-order valence-electron chi connectivity index (χ0n) is 11.7. The molecular formula is C14H18N4O2. The van der Waals surface area contributed by atoms with Crippen molar-refractivity contribution in [3.05, 3.63) is 52.1 Å². The lowest BCUT2D eigenvalue weighted by Crippen LogP contribution is -2.08. The van der Waals surface area contributed by atoms with Gasteiger partial charge < -0.3 is 9.88 Å². The number of aromatic nitrogens is 2. The van der Waals surface area contributed by atoms with Crippen molar-refractivity contribution in [2.45, 2.75) is 33.4 Å². The molecule has 2 aromatic rings. The van der Waals surface area contributed by atoms with E-state index in [2.05, 4.69) is 21.8 Å². The Hall–Kier alpha value is -2.37. The minimum Gasteiger partial charge on any atom is -0.378 e. The predicted octanol–water partition coefficient (Wildman–Crippen LogP) is 3.12. The van der Waals surface area contributed by atoms with Crippen molar-refractivity contribution >= 4 is 11.4 Å². The number of aryl methyl sites for hydroxylation is 2. The van der Waals surface area contributed by atoms with Crippen molar-refractivity contribution in [3.8, 4) is 0 Å². The molecular weight excluding hydrogens is 256 g/mol. The number of hydrogen-bond acceptors (Lipinski definition) is 4. The molecule has 0 radical (unpaired) electrons. The average Bonchev–Trinajstić information content (AvgIpc) is 2.85. The number of benzene rings is 1. The van der Waals surface area contributed by atoms with Crippen LogP contribution in [-0.2, 0) is 13.1 Å². The summed E-state index contributed by atoms with van der Waals surface area (Å²) < 4.78 is 2.08. The summed E-state index contributed by atoms with van der Waals surface area (Å²) in [7, 11) is 0. The zero-order valence-corrected chi connectivity index (χ0v) is 11.7. The van der Waals surface area contributed by atoms with Gasteiger partial charge in [-0.3, -0.25) is 10.1 Å². The fourth-order valence-corrected chi connectivity index (χ4v) is 2.05. The van der Waals surface area contributed by atoms with Crippen LogP contribution in [0.25, 0.3) is 0 Å². The van der Waals surface area contributed by atoms with Gasteiger partial charge in [-0.15, -0.1) is 0 Å². The van der Waals surface area contributed by atoms with E-state index in [1.54, 1.807) is 25.3 Å². The molecule has 0 fully saturated rings. The van der Waals surface area contributed by atoms with Crippen LogP contribution < -0.4 is 5.32 Å². The number of nitrogens with zero attached hydrogens (tertiary/aromatic N) is 3. The molecule has 0 atom stereocenters. The minimum atomic E-state index is -0.363. The highest BCUT2D eigenvalue weighted by Crippen LogP contribution is 2.22. The molecule has 1 aromatic heterocycles. The van der Waals surface area contributed by atoms with Crippen LogP contribution in [0.2, 0.25) is 0 Å². The molecule has 6 heteroatoms. The largest absolute Gasteiger partial charge is 0.378 e. The highest BCUT2D eigenvalue weighted by Gasteiger charge is 2.11. The Morgan fingerprint density at radius 2 is 2.25 bits per heavy atom. The number of anilines is 1. The highest BCUT2D eigenvalue weighted by molar-refractivity contribution is 5.54. The Balaban J connectivity index is 2.09. The lowest BCUT2D eigenvalue weighted by atomic mass is 10.2. The molecule has 1 aromatic carbocycles. The molecule has 1 N–H and O–H groups in total. The lowest BCUT2D eigenvalue weighted by molar-refractivity contribution is -0.385. The SMILES string of the molecule is CCCn1ccnc1CNc1ccc(C)c([N+](=O)[O-])c1. The standard InChI is InChI=1S/C14H18N4O2/c1-3-7-17-8-6-15-14(17)10-16-12-5-4-11(2)13(9-12)18(19)20/h4-6,8-9,16H,3,7,10H2,1-2H3. The molecule has 1 heterocycles. The molecule has 0 aliphatic rings. The van der Waals surface area contributed by atoms with Crippen LogP contribution in [0.5, 0.6) is 0 Å². The number of rotatable bonds is 6. The fraction of sp³-hybridized carbons (Fsp3) is 0.357. The van der Waals surface area contributed by atoms with E-state index in [9.17, 15) is 10.1 Å². The first-order chi connectivity index (χ1) is 9.61. The van der Waals surface area contributed by atoms with Crippen molar-refractivity contribution < 1.29 is 4.92 Å². The summed E-state index contributed by atoms with van der Waals surface area (Å²) in [5, 5.41) is 14.1. The van der Waals surface area contributed by atoms with Crippen molar-refractivity contribution in [1.82, 2.24) is 9.55 Å². The molecule has 0 aliphatic carbocycles. The average molecular weight is 274 g/mol. The number of hydrogen-bond donors (Lipinski definition) is 1. The van der Waals surface area contributed by atoms with Gasteiger partial charge in [-0.25, -0.2) is 4.98 Å². The number of nitro benzene ring substituents is 1. The van der Waals surface area contributed by atoms with E-state index in [1.807, 2.05) is 12.3 Å². The van der Waals surface area contributed by atoms with Crippen molar-refractivity contribution in [2.24, 2.45) is 0 Å². The first-order valence-electron chi connectivity index (χ1n) is 6.60. The normalized spacial score (nSPS) is 10.5. The molecule has 0 aliphatic heterocycles. The van der Waals surface area contributed by atoms with Gasteiger partial charge in [-0.2, -0.15) is 0 Å². The molecule has 0 bridgehead atoms. The summed E-state index contributed by atoms with van der Waals surface area (Å²) in [5.74, 6) is 0.926. The summed E-state index contributed by atoms with van der Waals surface area (Å²) in [6.07, 6.45) is 4.75. The maximum Gasteiger partial charge on any atom is 0.274 e. The first kappa shape index (κ1) is 14.0. The third kappa shape index (κ3) is 3.14. The highest BCUT2D eigenvalue weighted by atomic mass is 16.6. The second-order valence-electron chi connectivity index (χ2n) is 4.65. The number of imidazole rings is 1. The topological polar surface area (TPSA) is 73.0 Å². The Morgan fingerprint density at radius 1 is 1.45 bits per heavy atom. The van der Waals surface area contributed by atoms with Crippen LogP contribution in [0.1, 0.15) is 24.7 Å². The van der Waals surface area contributed by atoms with E-state index < -0.39 is 0 Å². The van der Waals surface area contributed by atoms with Gasteiger partial charge in [0.15, 0.2) is 0 Å². The van der Waals surface area contributed by atoms with E-state index in [0.717, 1.165) is 24.5 Å². The van der Waals surface area contributed by atoms with E-state index in [0.29, 0.717) is 12.1 Å².